The molecule has 0 radical (unpaired) electrons. The van der Waals surface area contributed by atoms with Crippen molar-refractivity contribution in [2.24, 2.45) is 5.73 Å². The average molecular weight is 425 g/mol. The van der Waals surface area contributed by atoms with Gasteiger partial charge in [0.05, 0.1) is 11.5 Å². The molecule has 1 atom stereocenters. The van der Waals surface area contributed by atoms with E-state index in [-0.39, 0.29) is 39.5 Å². The first-order valence-corrected chi connectivity index (χ1v) is 8.68. The molecule has 5 nitrogen and oxygen atoms in total. The Kier molecular flexibility index (Phi) is 3.93. The molecular weight excluding hydrogens is 415 g/mol. The van der Waals surface area contributed by atoms with Crippen LogP contribution >= 0.6 is 15.9 Å². The van der Waals surface area contributed by atoms with E-state index in [1.54, 1.807) is 12.1 Å². The molecule has 1 aliphatic heterocycles. The zero-order valence-electron chi connectivity index (χ0n) is 13.6. The third-order valence-corrected chi connectivity index (χ3v) is 5.05. The van der Waals surface area contributed by atoms with Gasteiger partial charge in [-0.05, 0) is 18.2 Å². The maximum absolute atomic E-state index is 14.6. The van der Waals surface area contributed by atoms with Crippen LogP contribution in [0, 0.1) is 17.1 Å². The summed E-state index contributed by atoms with van der Waals surface area (Å²) in [5.74, 6) is -3.37. The first-order valence-electron chi connectivity index (χ1n) is 7.89. The first kappa shape index (κ1) is 17.2. The zero-order chi connectivity index (χ0) is 19.3. The minimum atomic E-state index is -1.14. The molecule has 132 valence electrons. The van der Waals surface area contributed by atoms with E-state index in [0.717, 1.165) is 0 Å². The van der Waals surface area contributed by atoms with E-state index >= 15 is 0 Å². The molecular formula is C20H10BrFN2O3. The second-order valence-corrected chi connectivity index (χ2v) is 6.95. The number of carbonyl (C=O) groups excluding carboxylic acids is 2. The molecule has 1 heterocycles. The van der Waals surface area contributed by atoms with Crippen LogP contribution in [-0.2, 0) is 4.74 Å². The van der Waals surface area contributed by atoms with Gasteiger partial charge in [0.15, 0.2) is 11.5 Å². The van der Waals surface area contributed by atoms with Crippen molar-refractivity contribution in [2.75, 3.05) is 0 Å². The topological polar surface area (TPSA) is 93.2 Å². The molecule has 4 rings (SSSR count). The molecule has 1 aliphatic carbocycles. The molecule has 2 aromatic carbocycles. The Hall–Kier alpha value is -3.24. The number of nitriles is 1. The molecule has 0 aromatic heterocycles. The van der Waals surface area contributed by atoms with Gasteiger partial charge in [0.25, 0.3) is 0 Å². The number of benzene rings is 2. The molecule has 27 heavy (non-hydrogen) atoms. The number of fused-ring (bicyclic) bond motifs is 1. The van der Waals surface area contributed by atoms with Crippen LogP contribution in [-0.4, -0.2) is 11.6 Å². The highest BCUT2D eigenvalue weighted by Crippen LogP contribution is 2.45. The maximum atomic E-state index is 14.6. The lowest BCUT2D eigenvalue weighted by atomic mass is 9.75. The van der Waals surface area contributed by atoms with E-state index in [1.807, 2.05) is 6.07 Å². The summed E-state index contributed by atoms with van der Waals surface area (Å²) in [6, 6.07) is 12.3. The van der Waals surface area contributed by atoms with E-state index in [9.17, 15) is 19.2 Å². The van der Waals surface area contributed by atoms with Gasteiger partial charge in [0.2, 0.25) is 11.7 Å². The number of carbonyl (C=O) groups is 2. The third-order valence-electron chi connectivity index (χ3n) is 4.56. The molecule has 7 heteroatoms. The van der Waals surface area contributed by atoms with Crippen LogP contribution in [0.25, 0.3) is 0 Å². The highest BCUT2D eigenvalue weighted by Gasteiger charge is 2.44. The number of ketones is 2. The normalized spacial score (nSPS) is 18.6. The Labute approximate surface area is 161 Å². The van der Waals surface area contributed by atoms with E-state index in [0.29, 0.717) is 4.47 Å². The summed E-state index contributed by atoms with van der Waals surface area (Å²) >= 11 is 3.26. The monoisotopic (exact) mass is 424 g/mol. The Bertz CT molecular complexity index is 1140. The molecule has 0 spiro atoms. The predicted octanol–water partition coefficient (Wildman–Crippen LogP) is 3.73. The smallest absolute Gasteiger partial charge is 0.229 e. The van der Waals surface area contributed by atoms with Crippen molar-refractivity contribution in [3.63, 3.8) is 0 Å². The maximum Gasteiger partial charge on any atom is 0.229 e. The summed E-state index contributed by atoms with van der Waals surface area (Å²) in [7, 11) is 0. The fourth-order valence-corrected chi connectivity index (χ4v) is 3.73. The van der Waals surface area contributed by atoms with Gasteiger partial charge in [-0.3, -0.25) is 9.59 Å². The number of halogens is 2. The Morgan fingerprint density at radius 2 is 1.78 bits per heavy atom. The number of nitrogens with two attached hydrogens (primary N) is 1. The highest BCUT2D eigenvalue weighted by atomic mass is 79.9. The van der Waals surface area contributed by atoms with Crippen molar-refractivity contribution < 1.29 is 18.7 Å². The lowest BCUT2D eigenvalue weighted by molar-refractivity contribution is 0.0897. The molecule has 0 amide bonds. The Balaban J connectivity index is 2.02. The summed E-state index contributed by atoms with van der Waals surface area (Å²) in [5, 5.41) is 9.57. The summed E-state index contributed by atoms with van der Waals surface area (Å²) in [5.41, 5.74) is 6.06. The van der Waals surface area contributed by atoms with Crippen LogP contribution in [0.15, 0.2) is 69.7 Å². The van der Waals surface area contributed by atoms with Crippen molar-refractivity contribution in [2.45, 2.75) is 5.92 Å². The van der Waals surface area contributed by atoms with Gasteiger partial charge < -0.3 is 10.5 Å². The van der Waals surface area contributed by atoms with Gasteiger partial charge >= 0.3 is 0 Å². The quantitative estimate of drug-likeness (QED) is 0.752. The van der Waals surface area contributed by atoms with Crippen molar-refractivity contribution >= 4 is 27.5 Å². The zero-order valence-corrected chi connectivity index (χ0v) is 15.2. The number of rotatable bonds is 1. The number of nitrogens with zero attached hydrogens (tertiary/aromatic N) is 1. The molecule has 0 saturated heterocycles. The standard InChI is InChI=1S/C20H10BrFN2O3/c21-9-5-6-14(22)12(7-9)15-13(8-23)20(24)27-19-16(15)17(25)10-3-1-2-4-11(10)18(19)26/h1-7,15H,24H2/t15-/m1/s1. The van der Waals surface area contributed by atoms with Crippen LogP contribution < -0.4 is 5.73 Å². The van der Waals surface area contributed by atoms with E-state index in [4.69, 9.17) is 10.5 Å². The van der Waals surface area contributed by atoms with E-state index < -0.39 is 23.3 Å². The number of Topliss-reactive ketones (excluding diaryl/α,β-unsaturated/α-hetero) is 2. The fraction of sp³-hybridized carbons (Fsp3) is 0.0500. The molecule has 0 fully saturated rings. The second kappa shape index (κ2) is 6.18. The van der Waals surface area contributed by atoms with E-state index in [1.165, 1.54) is 30.3 Å². The highest BCUT2D eigenvalue weighted by molar-refractivity contribution is 9.10. The summed E-state index contributed by atoms with van der Waals surface area (Å²) in [6.07, 6.45) is 0. The summed E-state index contributed by atoms with van der Waals surface area (Å²) < 4.78 is 20.5. The van der Waals surface area contributed by atoms with Gasteiger partial charge in [-0.2, -0.15) is 5.26 Å². The van der Waals surface area contributed by atoms with Crippen LogP contribution in [0.5, 0.6) is 0 Å². The largest absolute Gasteiger partial charge is 0.436 e. The second-order valence-electron chi connectivity index (χ2n) is 6.04. The predicted molar refractivity (Wildman–Crippen MR) is 96.9 cm³/mol. The molecule has 0 bridgehead atoms. The minimum absolute atomic E-state index is 0.0557. The van der Waals surface area contributed by atoms with Crippen molar-refractivity contribution in [3.8, 4) is 6.07 Å². The average Bonchev–Trinajstić information content (AvgIpc) is 2.67. The number of hydrogen-bond donors (Lipinski definition) is 1. The lowest BCUT2D eigenvalue weighted by Crippen LogP contribution is -2.32. The lowest BCUT2D eigenvalue weighted by Gasteiger charge is -2.31. The van der Waals surface area contributed by atoms with Crippen LogP contribution in [0.2, 0.25) is 0 Å². The summed E-state index contributed by atoms with van der Waals surface area (Å²) in [6.45, 7) is 0. The van der Waals surface area contributed by atoms with Crippen molar-refractivity contribution in [1.29, 1.82) is 5.26 Å². The Morgan fingerprint density at radius 3 is 2.44 bits per heavy atom. The van der Waals surface area contributed by atoms with Crippen molar-refractivity contribution in [1.82, 2.24) is 0 Å². The van der Waals surface area contributed by atoms with Gasteiger partial charge in [-0.15, -0.1) is 0 Å². The van der Waals surface area contributed by atoms with Crippen LogP contribution in [0.1, 0.15) is 32.2 Å². The van der Waals surface area contributed by atoms with Gasteiger partial charge in [0, 0.05) is 21.2 Å². The van der Waals surface area contributed by atoms with Gasteiger partial charge in [0.1, 0.15) is 17.5 Å². The molecule has 2 aromatic rings. The molecule has 2 N–H and O–H groups in total. The van der Waals surface area contributed by atoms with Crippen molar-refractivity contribution in [3.05, 3.63) is 92.2 Å². The first-order chi connectivity index (χ1) is 12.9. The fourth-order valence-electron chi connectivity index (χ4n) is 3.35. The summed E-state index contributed by atoms with van der Waals surface area (Å²) in [4.78, 5) is 26.0. The molecule has 0 saturated carbocycles. The molecule has 0 unspecified atom stereocenters. The Morgan fingerprint density at radius 1 is 1.11 bits per heavy atom. The van der Waals surface area contributed by atoms with Crippen LogP contribution in [0.3, 0.4) is 0 Å². The number of hydrogen-bond acceptors (Lipinski definition) is 5. The van der Waals surface area contributed by atoms with Gasteiger partial charge in [-0.25, -0.2) is 4.39 Å². The SMILES string of the molecule is N#CC1=C(N)OC2=C(C(=O)c3ccccc3C2=O)[C@@H]1c1cc(Br)ccc1F. The van der Waals surface area contributed by atoms with Crippen LogP contribution in [0.4, 0.5) is 4.39 Å². The number of allylic oxidation sites excluding steroid dienone is 3. The minimum Gasteiger partial charge on any atom is -0.436 e. The molecule has 2 aliphatic rings. The van der Waals surface area contributed by atoms with E-state index in [2.05, 4.69) is 15.9 Å². The third kappa shape index (κ3) is 2.49. The number of ether oxygens (including phenoxy) is 1. The van der Waals surface area contributed by atoms with Gasteiger partial charge in [-0.1, -0.05) is 40.2 Å².